The maximum atomic E-state index is 13.9. The van der Waals surface area contributed by atoms with Gasteiger partial charge in [0.25, 0.3) is 0 Å². The fourth-order valence-electron chi connectivity index (χ4n) is 3.41. The van der Waals surface area contributed by atoms with Crippen molar-refractivity contribution in [3.63, 3.8) is 0 Å². The van der Waals surface area contributed by atoms with Crippen molar-refractivity contribution in [3.05, 3.63) is 59.7 Å². The van der Waals surface area contributed by atoms with Crippen LogP contribution in [0.1, 0.15) is 37.3 Å². The molecule has 2 atom stereocenters. The number of esters is 1. The monoisotopic (exact) mass is 493 g/mol. The third-order valence-corrected chi connectivity index (χ3v) is 5.42. The predicted octanol–water partition coefficient (Wildman–Crippen LogP) is 4.57. The Kier molecular flexibility index (Phi) is 10.4. The number of ether oxygens (including phenoxy) is 3. The van der Waals surface area contributed by atoms with Gasteiger partial charge in [-0.3, -0.25) is 9.69 Å². The third kappa shape index (κ3) is 9.16. The highest BCUT2D eigenvalue weighted by Crippen LogP contribution is 2.26. The Morgan fingerprint density at radius 1 is 1.09 bits per heavy atom. The summed E-state index contributed by atoms with van der Waals surface area (Å²) in [5.74, 6) is -5.57. The van der Waals surface area contributed by atoms with E-state index in [1.54, 1.807) is 26.1 Å². The highest BCUT2D eigenvalue weighted by atomic mass is 19.3. The topological polar surface area (TPSA) is 85.3 Å². The van der Waals surface area contributed by atoms with Crippen molar-refractivity contribution in [2.24, 2.45) is 0 Å². The highest BCUT2D eigenvalue weighted by Gasteiger charge is 2.41. The minimum Gasteiger partial charge on any atom is -0.497 e. The van der Waals surface area contributed by atoms with Crippen LogP contribution in [-0.2, 0) is 27.2 Å². The quantitative estimate of drug-likeness (QED) is 0.305. The molecular formula is C26H33F2NO6. The van der Waals surface area contributed by atoms with E-state index in [9.17, 15) is 18.4 Å². The second-order valence-electron chi connectivity index (χ2n) is 8.55. The van der Waals surface area contributed by atoms with Gasteiger partial charge >= 0.3 is 17.9 Å². The highest BCUT2D eigenvalue weighted by molar-refractivity contribution is 5.78. The van der Waals surface area contributed by atoms with Crippen LogP contribution in [0.25, 0.3) is 0 Å². The number of carbonyl (C=O) groups is 2. The molecule has 2 aromatic carbocycles. The number of carbonyl (C=O) groups excluding carboxylic acids is 1. The van der Waals surface area contributed by atoms with Crippen LogP contribution in [0.5, 0.6) is 11.5 Å². The number of nitrogens with zero attached hydrogens (tertiary/aromatic N) is 1. The van der Waals surface area contributed by atoms with E-state index in [4.69, 9.17) is 19.3 Å². The van der Waals surface area contributed by atoms with Crippen LogP contribution in [0.15, 0.2) is 48.5 Å². The number of alkyl halides is 2. The Hall–Kier alpha value is -3.20. The average Bonchev–Trinajstić information content (AvgIpc) is 2.81. The maximum Gasteiger partial charge on any atom is 0.377 e. The van der Waals surface area contributed by atoms with E-state index in [1.165, 1.54) is 6.92 Å². The van der Waals surface area contributed by atoms with Gasteiger partial charge in [-0.15, -0.1) is 0 Å². The van der Waals surface area contributed by atoms with Gasteiger partial charge in [-0.2, -0.15) is 8.78 Å². The van der Waals surface area contributed by atoms with Gasteiger partial charge in [0.1, 0.15) is 17.6 Å². The number of hydrogen-bond acceptors (Lipinski definition) is 6. The molecule has 0 aromatic heterocycles. The largest absolute Gasteiger partial charge is 0.497 e. The Morgan fingerprint density at radius 3 is 2.46 bits per heavy atom. The van der Waals surface area contributed by atoms with E-state index in [-0.39, 0.29) is 6.42 Å². The summed E-state index contributed by atoms with van der Waals surface area (Å²) < 4.78 is 44.2. The van der Waals surface area contributed by atoms with Crippen molar-refractivity contribution < 1.29 is 37.7 Å². The van der Waals surface area contributed by atoms with Crippen LogP contribution in [0.4, 0.5) is 8.78 Å². The second-order valence-corrected chi connectivity index (χ2v) is 8.55. The molecule has 0 spiro atoms. The third-order valence-electron chi connectivity index (χ3n) is 5.42. The molecule has 0 bridgehead atoms. The molecular weight excluding hydrogens is 460 g/mol. The van der Waals surface area contributed by atoms with Crippen molar-refractivity contribution in [1.29, 1.82) is 0 Å². The number of aliphatic carboxylic acids is 1. The lowest BCUT2D eigenvalue weighted by molar-refractivity contribution is -0.180. The number of para-hydroxylation sites is 1. The van der Waals surface area contributed by atoms with Crippen LogP contribution in [-0.4, -0.2) is 61.4 Å². The molecule has 0 saturated heterocycles. The molecule has 192 valence electrons. The number of benzene rings is 2. The molecule has 35 heavy (non-hydrogen) atoms. The molecule has 0 fully saturated rings. The minimum atomic E-state index is -3.87. The van der Waals surface area contributed by atoms with E-state index in [2.05, 4.69) is 0 Å². The van der Waals surface area contributed by atoms with Gasteiger partial charge in [0.05, 0.1) is 13.5 Å². The van der Waals surface area contributed by atoms with Crippen molar-refractivity contribution >= 4 is 11.9 Å². The molecule has 0 radical (unpaired) electrons. The Balaban J connectivity index is 2.02. The average molecular weight is 494 g/mol. The number of halogens is 2. The van der Waals surface area contributed by atoms with E-state index in [0.717, 1.165) is 23.3 Å². The minimum absolute atomic E-state index is 0.137. The van der Waals surface area contributed by atoms with E-state index in [0.29, 0.717) is 12.2 Å². The van der Waals surface area contributed by atoms with Gasteiger partial charge in [-0.05, 0) is 63.2 Å². The fourth-order valence-corrected chi connectivity index (χ4v) is 3.41. The maximum absolute atomic E-state index is 13.9. The molecule has 0 aliphatic rings. The standard InChI is InChI=1S/C26H33F2NO6/c1-18(34-25(32)26(27,28)15-14-24(30)31)16-23(29(2)3)35-22-11-6-5-9-20(22)13-12-19-8-7-10-21(17-19)33-4/h5-11,17-18,23H,12-16H2,1-4H3,(H,30,31)/t18?,23-/m0/s1. The lowest BCUT2D eigenvalue weighted by atomic mass is 10.0. The molecule has 0 amide bonds. The lowest BCUT2D eigenvalue weighted by Crippen LogP contribution is -2.39. The molecule has 1 N–H and O–H groups in total. The van der Waals surface area contributed by atoms with Crippen LogP contribution in [0, 0.1) is 0 Å². The summed E-state index contributed by atoms with van der Waals surface area (Å²) in [6, 6.07) is 15.4. The molecule has 0 aliphatic heterocycles. The molecule has 0 saturated carbocycles. The van der Waals surface area contributed by atoms with E-state index >= 15 is 0 Å². The number of rotatable bonds is 14. The second kappa shape index (κ2) is 13.0. The van der Waals surface area contributed by atoms with Crippen molar-refractivity contribution in [2.45, 2.75) is 57.3 Å². The Morgan fingerprint density at radius 2 is 1.80 bits per heavy atom. The zero-order valence-electron chi connectivity index (χ0n) is 20.5. The molecule has 0 heterocycles. The molecule has 1 unspecified atom stereocenters. The van der Waals surface area contributed by atoms with Crippen molar-refractivity contribution in [1.82, 2.24) is 4.90 Å². The zero-order valence-corrected chi connectivity index (χ0v) is 20.5. The van der Waals surface area contributed by atoms with Gasteiger partial charge in [0.2, 0.25) is 0 Å². The van der Waals surface area contributed by atoms with E-state index in [1.807, 2.05) is 48.5 Å². The summed E-state index contributed by atoms with van der Waals surface area (Å²) in [5, 5.41) is 8.60. The number of carboxylic acids is 1. The van der Waals surface area contributed by atoms with Crippen LogP contribution >= 0.6 is 0 Å². The number of aryl methyl sites for hydroxylation is 2. The van der Waals surface area contributed by atoms with Gasteiger partial charge in [-0.1, -0.05) is 30.3 Å². The molecule has 9 heteroatoms. The Labute approximate surface area is 204 Å². The summed E-state index contributed by atoms with van der Waals surface area (Å²) in [7, 11) is 5.18. The first-order chi connectivity index (χ1) is 16.5. The normalized spacial score (nSPS) is 13.2. The van der Waals surface area contributed by atoms with Crippen LogP contribution < -0.4 is 9.47 Å². The van der Waals surface area contributed by atoms with Gasteiger partial charge in [-0.25, -0.2) is 4.79 Å². The summed E-state index contributed by atoms with van der Waals surface area (Å²) in [6.45, 7) is 1.50. The van der Waals surface area contributed by atoms with Crippen molar-refractivity contribution in [3.8, 4) is 11.5 Å². The van der Waals surface area contributed by atoms with Gasteiger partial charge in [0, 0.05) is 12.8 Å². The van der Waals surface area contributed by atoms with Gasteiger partial charge < -0.3 is 19.3 Å². The smallest absolute Gasteiger partial charge is 0.377 e. The first-order valence-corrected chi connectivity index (χ1v) is 11.4. The zero-order chi connectivity index (χ0) is 26.0. The summed E-state index contributed by atoms with van der Waals surface area (Å²) in [5.41, 5.74) is 2.10. The Bertz CT molecular complexity index is 982. The summed E-state index contributed by atoms with van der Waals surface area (Å²) in [4.78, 5) is 24.2. The predicted molar refractivity (Wildman–Crippen MR) is 127 cm³/mol. The fraction of sp³-hybridized carbons (Fsp3) is 0.462. The lowest BCUT2D eigenvalue weighted by Gasteiger charge is -2.29. The number of carboxylic acid groups (broad SMARTS) is 1. The molecule has 2 rings (SSSR count). The molecule has 0 aliphatic carbocycles. The molecule has 2 aromatic rings. The van der Waals surface area contributed by atoms with Crippen LogP contribution in [0.3, 0.4) is 0 Å². The first-order valence-electron chi connectivity index (χ1n) is 11.4. The summed E-state index contributed by atoms with van der Waals surface area (Å²) >= 11 is 0. The first kappa shape index (κ1) is 28.0. The SMILES string of the molecule is COc1cccc(CCc2ccccc2O[C@@H](CC(C)OC(=O)C(F)(F)CCC(=O)O)N(C)C)c1. The molecule has 7 nitrogen and oxygen atoms in total. The van der Waals surface area contributed by atoms with Crippen LogP contribution in [0.2, 0.25) is 0 Å². The summed E-state index contributed by atoms with van der Waals surface area (Å²) in [6.07, 6.45) is -1.75. The van der Waals surface area contributed by atoms with E-state index < -0.39 is 43.0 Å². The number of methoxy groups -OCH3 is 1. The number of hydrogen-bond donors (Lipinski definition) is 1. The van der Waals surface area contributed by atoms with Crippen molar-refractivity contribution in [2.75, 3.05) is 21.2 Å². The van der Waals surface area contributed by atoms with Gasteiger partial charge in [0.15, 0.2) is 6.23 Å².